The minimum atomic E-state index is 0.399. The Labute approximate surface area is 127 Å². The van der Waals surface area contributed by atoms with E-state index in [2.05, 4.69) is 56.0 Å². The number of anilines is 1. The van der Waals surface area contributed by atoms with Crippen molar-refractivity contribution in [3.63, 3.8) is 0 Å². The molecule has 0 amide bonds. The molecule has 0 fully saturated rings. The normalized spacial score (nSPS) is 11.8. The number of hydrogen-bond donors (Lipinski definition) is 1. The Morgan fingerprint density at radius 1 is 1.10 bits per heavy atom. The van der Waals surface area contributed by atoms with Gasteiger partial charge in [-0.25, -0.2) is 0 Å². The third-order valence-electron chi connectivity index (χ3n) is 3.72. The monoisotopic (exact) mass is 286 g/mol. The zero-order valence-corrected chi connectivity index (χ0v) is 13.5. The van der Waals surface area contributed by atoms with Crippen LogP contribution in [-0.2, 0) is 13.1 Å². The van der Waals surface area contributed by atoms with Crippen molar-refractivity contribution >= 4 is 5.69 Å². The van der Waals surface area contributed by atoms with Crippen molar-refractivity contribution < 1.29 is 0 Å². The summed E-state index contributed by atoms with van der Waals surface area (Å²) >= 11 is 0. The van der Waals surface area contributed by atoms with Crippen molar-refractivity contribution in [1.82, 2.24) is 14.7 Å². The van der Waals surface area contributed by atoms with E-state index in [-0.39, 0.29) is 0 Å². The summed E-state index contributed by atoms with van der Waals surface area (Å²) < 4.78 is 2.00. The lowest BCUT2D eigenvalue weighted by molar-refractivity contribution is 0.201. The first-order chi connectivity index (χ1) is 9.97. The standard InChI is InChI=1S/C17H26N4/c1-13(2)20(11-15-7-5-6-8-17(15)18)12-16-9-10-21(19-16)14(3)4/h5-10,13-14H,11-12,18H2,1-4H3. The van der Waals surface area contributed by atoms with Crippen molar-refractivity contribution in [3.05, 3.63) is 47.8 Å². The number of para-hydroxylation sites is 1. The molecule has 0 bridgehead atoms. The van der Waals surface area contributed by atoms with Crippen molar-refractivity contribution in [2.45, 2.75) is 52.9 Å². The minimum absolute atomic E-state index is 0.399. The van der Waals surface area contributed by atoms with Crippen LogP contribution in [0.25, 0.3) is 0 Å². The van der Waals surface area contributed by atoms with E-state index in [0.717, 1.165) is 24.5 Å². The predicted octanol–water partition coefficient (Wildman–Crippen LogP) is 3.46. The summed E-state index contributed by atoms with van der Waals surface area (Å²) in [6.07, 6.45) is 2.05. The van der Waals surface area contributed by atoms with Crippen LogP contribution >= 0.6 is 0 Å². The number of nitrogens with zero attached hydrogens (tertiary/aromatic N) is 3. The van der Waals surface area contributed by atoms with Crippen LogP contribution in [0.3, 0.4) is 0 Å². The second kappa shape index (κ2) is 6.76. The molecule has 0 atom stereocenters. The fourth-order valence-electron chi connectivity index (χ4n) is 2.28. The first-order valence-electron chi connectivity index (χ1n) is 7.59. The first-order valence-corrected chi connectivity index (χ1v) is 7.59. The molecule has 21 heavy (non-hydrogen) atoms. The summed E-state index contributed by atoms with van der Waals surface area (Å²) in [5.74, 6) is 0. The van der Waals surface area contributed by atoms with Crippen molar-refractivity contribution in [2.24, 2.45) is 0 Å². The van der Waals surface area contributed by atoms with E-state index in [1.165, 1.54) is 5.56 Å². The van der Waals surface area contributed by atoms with Gasteiger partial charge in [0.1, 0.15) is 0 Å². The van der Waals surface area contributed by atoms with Gasteiger partial charge in [-0.3, -0.25) is 9.58 Å². The van der Waals surface area contributed by atoms with Gasteiger partial charge < -0.3 is 5.73 Å². The van der Waals surface area contributed by atoms with Crippen molar-refractivity contribution in [3.8, 4) is 0 Å². The second-order valence-corrected chi connectivity index (χ2v) is 6.08. The molecule has 0 radical (unpaired) electrons. The average Bonchev–Trinajstić information content (AvgIpc) is 2.89. The van der Waals surface area contributed by atoms with Crippen LogP contribution in [0.1, 0.15) is 45.0 Å². The van der Waals surface area contributed by atoms with Crippen molar-refractivity contribution in [1.29, 1.82) is 0 Å². The van der Waals surface area contributed by atoms with Crippen molar-refractivity contribution in [2.75, 3.05) is 5.73 Å². The van der Waals surface area contributed by atoms with Crippen LogP contribution in [0.2, 0.25) is 0 Å². The van der Waals surface area contributed by atoms with E-state index in [9.17, 15) is 0 Å². The van der Waals surface area contributed by atoms with Gasteiger partial charge in [0.05, 0.1) is 5.69 Å². The summed E-state index contributed by atoms with van der Waals surface area (Å²) in [7, 11) is 0. The molecule has 0 aliphatic heterocycles. The second-order valence-electron chi connectivity index (χ2n) is 6.08. The van der Waals surface area contributed by atoms with E-state index >= 15 is 0 Å². The predicted molar refractivity (Wildman–Crippen MR) is 87.8 cm³/mol. The smallest absolute Gasteiger partial charge is 0.0765 e. The summed E-state index contributed by atoms with van der Waals surface area (Å²) in [4.78, 5) is 2.39. The average molecular weight is 286 g/mol. The molecule has 1 aromatic carbocycles. The molecule has 114 valence electrons. The van der Waals surface area contributed by atoms with Crippen LogP contribution < -0.4 is 5.73 Å². The zero-order chi connectivity index (χ0) is 15.4. The Morgan fingerprint density at radius 3 is 2.38 bits per heavy atom. The molecule has 4 heteroatoms. The summed E-state index contributed by atoms with van der Waals surface area (Å²) in [6, 6.07) is 11.0. The number of hydrogen-bond acceptors (Lipinski definition) is 3. The summed E-state index contributed by atoms with van der Waals surface area (Å²) in [6.45, 7) is 10.4. The fraction of sp³-hybridized carbons (Fsp3) is 0.471. The molecule has 1 heterocycles. The van der Waals surface area contributed by atoms with Gasteiger partial charge in [0.15, 0.2) is 0 Å². The Morgan fingerprint density at radius 2 is 1.81 bits per heavy atom. The molecule has 4 nitrogen and oxygen atoms in total. The number of nitrogen functional groups attached to an aromatic ring is 1. The Bertz CT molecular complexity index is 572. The van der Waals surface area contributed by atoms with Gasteiger partial charge in [0, 0.05) is 37.1 Å². The van der Waals surface area contributed by atoms with Crippen LogP contribution in [0.15, 0.2) is 36.5 Å². The van der Waals surface area contributed by atoms with Gasteiger partial charge in [-0.2, -0.15) is 5.10 Å². The summed E-state index contributed by atoms with van der Waals surface area (Å²) in [5, 5.41) is 4.64. The number of nitrogens with two attached hydrogens (primary N) is 1. The largest absolute Gasteiger partial charge is 0.398 e. The quantitative estimate of drug-likeness (QED) is 0.827. The van der Waals surface area contributed by atoms with Gasteiger partial charge in [-0.15, -0.1) is 0 Å². The lowest BCUT2D eigenvalue weighted by Crippen LogP contribution is -2.30. The van der Waals surface area contributed by atoms with E-state index in [1.54, 1.807) is 0 Å². The molecule has 1 aromatic heterocycles. The van der Waals surface area contributed by atoms with E-state index < -0.39 is 0 Å². The van der Waals surface area contributed by atoms with Crippen LogP contribution in [0.5, 0.6) is 0 Å². The Kier molecular flexibility index (Phi) is 5.02. The molecule has 0 aliphatic rings. The maximum Gasteiger partial charge on any atom is 0.0765 e. The lowest BCUT2D eigenvalue weighted by atomic mass is 10.1. The molecule has 0 unspecified atom stereocenters. The highest BCUT2D eigenvalue weighted by Crippen LogP contribution is 2.17. The van der Waals surface area contributed by atoms with E-state index in [4.69, 9.17) is 5.73 Å². The van der Waals surface area contributed by atoms with Gasteiger partial charge >= 0.3 is 0 Å². The lowest BCUT2D eigenvalue weighted by Gasteiger charge is -2.26. The molecular weight excluding hydrogens is 260 g/mol. The Balaban J connectivity index is 2.10. The zero-order valence-electron chi connectivity index (χ0n) is 13.5. The van der Waals surface area contributed by atoms with Crippen LogP contribution in [-0.4, -0.2) is 20.7 Å². The van der Waals surface area contributed by atoms with Crippen LogP contribution in [0, 0.1) is 0 Å². The molecule has 0 saturated carbocycles. The van der Waals surface area contributed by atoms with E-state index in [0.29, 0.717) is 12.1 Å². The summed E-state index contributed by atoms with van der Waals surface area (Å²) in [5.41, 5.74) is 9.20. The topological polar surface area (TPSA) is 47.1 Å². The Hall–Kier alpha value is -1.81. The molecule has 0 saturated heterocycles. The highest BCUT2D eigenvalue weighted by atomic mass is 15.3. The number of rotatable bonds is 6. The highest BCUT2D eigenvalue weighted by molar-refractivity contribution is 5.46. The number of aromatic nitrogens is 2. The first kappa shape index (κ1) is 15.6. The molecule has 0 aliphatic carbocycles. The molecule has 2 N–H and O–H groups in total. The van der Waals surface area contributed by atoms with Gasteiger partial charge in [-0.1, -0.05) is 18.2 Å². The molecule has 2 aromatic rings. The van der Waals surface area contributed by atoms with E-state index in [1.807, 2.05) is 22.9 Å². The maximum atomic E-state index is 6.06. The minimum Gasteiger partial charge on any atom is -0.398 e. The van der Waals surface area contributed by atoms with Crippen LogP contribution in [0.4, 0.5) is 5.69 Å². The highest BCUT2D eigenvalue weighted by Gasteiger charge is 2.14. The van der Waals surface area contributed by atoms with Gasteiger partial charge in [-0.05, 0) is 45.4 Å². The maximum absolute atomic E-state index is 6.06. The number of benzene rings is 1. The van der Waals surface area contributed by atoms with Gasteiger partial charge in [0.2, 0.25) is 0 Å². The molecule has 2 rings (SSSR count). The molecule has 0 spiro atoms. The third-order valence-corrected chi connectivity index (χ3v) is 3.72. The third kappa shape index (κ3) is 4.08. The SMILES string of the molecule is CC(C)N(Cc1ccn(C(C)C)n1)Cc1ccccc1N. The molecular formula is C17H26N4. The fourth-order valence-corrected chi connectivity index (χ4v) is 2.28. The van der Waals surface area contributed by atoms with Gasteiger partial charge in [0.25, 0.3) is 0 Å².